The summed E-state index contributed by atoms with van der Waals surface area (Å²) in [5.41, 5.74) is 11.1. The van der Waals surface area contributed by atoms with E-state index >= 15 is 0 Å². The third-order valence-electron chi connectivity index (χ3n) is 4.90. The second-order valence-corrected chi connectivity index (χ2v) is 6.01. The van der Waals surface area contributed by atoms with Crippen molar-refractivity contribution in [2.24, 2.45) is 5.92 Å². The van der Waals surface area contributed by atoms with Crippen LogP contribution in [0.4, 0.5) is 5.69 Å². The molecule has 2 nitrogen and oxygen atoms in total. The Labute approximate surface area is 120 Å². The van der Waals surface area contributed by atoms with Crippen LogP contribution in [0, 0.1) is 5.92 Å². The molecule has 1 aliphatic carbocycles. The Morgan fingerprint density at radius 1 is 0.950 bits per heavy atom. The minimum absolute atomic E-state index is 0.518. The summed E-state index contributed by atoms with van der Waals surface area (Å²) < 4.78 is 0. The van der Waals surface area contributed by atoms with Crippen molar-refractivity contribution in [1.29, 1.82) is 0 Å². The highest BCUT2D eigenvalue weighted by Gasteiger charge is 2.41. The number of nitrogen functional groups attached to an aromatic ring is 1. The average Bonchev–Trinajstić information content (AvgIpc) is 2.83. The zero-order valence-electron chi connectivity index (χ0n) is 11.5. The molecule has 1 saturated heterocycles. The molecule has 2 heteroatoms. The van der Waals surface area contributed by atoms with Crippen LogP contribution >= 0.6 is 0 Å². The number of benzene rings is 2. The molecule has 1 fully saturated rings. The fourth-order valence-electron chi connectivity index (χ4n) is 4.05. The minimum atomic E-state index is 0.518. The lowest BCUT2D eigenvalue weighted by Gasteiger charge is -2.31. The first-order valence-corrected chi connectivity index (χ1v) is 7.52. The minimum Gasteiger partial charge on any atom is -0.399 e. The Bertz CT molecular complexity index is 618. The quantitative estimate of drug-likeness (QED) is 0.774. The van der Waals surface area contributed by atoms with Gasteiger partial charge < -0.3 is 11.1 Å². The van der Waals surface area contributed by atoms with Gasteiger partial charge >= 0.3 is 0 Å². The highest BCUT2D eigenvalue weighted by Crippen LogP contribution is 2.51. The summed E-state index contributed by atoms with van der Waals surface area (Å²) >= 11 is 0. The van der Waals surface area contributed by atoms with Crippen molar-refractivity contribution in [2.45, 2.75) is 24.8 Å². The topological polar surface area (TPSA) is 38.0 Å². The summed E-state index contributed by atoms with van der Waals surface area (Å²) in [6, 6.07) is 17.9. The normalized spacial score (nSPS) is 27.9. The van der Waals surface area contributed by atoms with E-state index in [2.05, 4.69) is 41.7 Å². The van der Waals surface area contributed by atoms with Crippen LogP contribution in [0.15, 0.2) is 48.5 Å². The molecular formula is C18H20N2. The van der Waals surface area contributed by atoms with Gasteiger partial charge in [-0.3, -0.25) is 0 Å². The van der Waals surface area contributed by atoms with Gasteiger partial charge in [0.25, 0.3) is 0 Å². The molecule has 4 rings (SSSR count). The number of piperidine rings is 1. The number of nitrogens with two attached hydrogens (primary N) is 1. The van der Waals surface area contributed by atoms with E-state index < -0.39 is 0 Å². The van der Waals surface area contributed by atoms with Gasteiger partial charge in [0.2, 0.25) is 0 Å². The maximum atomic E-state index is 5.84. The van der Waals surface area contributed by atoms with E-state index in [-0.39, 0.29) is 0 Å². The van der Waals surface area contributed by atoms with Crippen LogP contribution in [-0.4, -0.2) is 6.54 Å². The van der Waals surface area contributed by atoms with E-state index in [1.54, 1.807) is 0 Å². The van der Waals surface area contributed by atoms with E-state index in [1.165, 1.54) is 29.5 Å². The number of rotatable bonds is 1. The second-order valence-electron chi connectivity index (χ2n) is 6.01. The lowest BCUT2D eigenvalue weighted by Crippen LogP contribution is -2.32. The predicted molar refractivity (Wildman–Crippen MR) is 82.6 cm³/mol. The Morgan fingerprint density at radius 2 is 1.70 bits per heavy atom. The molecule has 3 atom stereocenters. The van der Waals surface area contributed by atoms with E-state index in [9.17, 15) is 0 Å². The summed E-state index contributed by atoms with van der Waals surface area (Å²) in [6.07, 6.45) is 2.59. The summed E-state index contributed by atoms with van der Waals surface area (Å²) in [7, 11) is 0. The number of nitrogens with one attached hydrogen (secondary N) is 1. The van der Waals surface area contributed by atoms with E-state index in [0.717, 1.165) is 12.2 Å². The molecule has 1 unspecified atom stereocenters. The van der Waals surface area contributed by atoms with Crippen LogP contribution in [-0.2, 0) is 0 Å². The first kappa shape index (κ1) is 12.0. The highest BCUT2D eigenvalue weighted by molar-refractivity contribution is 5.49. The maximum Gasteiger partial charge on any atom is 0.0360 e. The van der Waals surface area contributed by atoms with Crippen molar-refractivity contribution in [3.05, 3.63) is 65.2 Å². The number of hydrogen-bond acceptors (Lipinski definition) is 2. The van der Waals surface area contributed by atoms with Crippen LogP contribution in [0.25, 0.3) is 0 Å². The fourth-order valence-corrected chi connectivity index (χ4v) is 4.05. The van der Waals surface area contributed by atoms with Crippen LogP contribution in [0.2, 0.25) is 0 Å². The molecule has 2 aromatic carbocycles. The molecule has 102 valence electrons. The van der Waals surface area contributed by atoms with Gasteiger partial charge in [-0.15, -0.1) is 0 Å². The third-order valence-corrected chi connectivity index (χ3v) is 4.90. The monoisotopic (exact) mass is 264 g/mol. The number of anilines is 1. The summed E-state index contributed by atoms with van der Waals surface area (Å²) in [6.45, 7) is 1.14. The van der Waals surface area contributed by atoms with Gasteiger partial charge in [-0.2, -0.15) is 0 Å². The van der Waals surface area contributed by atoms with Gasteiger partial charge in [0, 0.05) is 17.6 Å². The summed E-state index contributed by atoms with van der Waals surface area (Å²) in [4.78, 5) is 0. The van der Waals surface area contributed by atoms with E-state index in [1.807, 2.05) is 12.1 Å². The molecule has 0 spiro atoms. The van der Waals surface area contributed by atoms with Gasteiger partial charge in [0.1, 0.15) is 0 Å². The molecule has 0 amide bonds. The number of hydrogen-bond donors (Lipinski definition) is 2. The molecule has 0 radical (unpaired) electrons. The Hall–Kier alpha value is -1.80. The largest absolute Gasteiger partial charge is 0.399 e. The molecule has 1 aliphatic heterocycles. The van der Waals surface area contributed by atoms with Crippen LogP contribution < -0.4 is 11.1 Å². The predicted octanol–water partition coefficient (Wildman–Crippen LogP) is 3.46. The lowest BCUT2D eigenvalue weighted by molar-refractivity contribution is 0.287. The number of fused-ring (bicyclic) bond motifs is 3. The van der Waals surface area contributed by atoms with E-state index in [4.69, 9.17) is 5.73 Å². The van der Waals surface area contributed by atoms with Crippen LogP contribution in [0.1, 0.15) is 41.5 Å². The first-order valence-electron chi connectivity index (χ1n) is 7.52. The van der Waals surface area contributed by atoms with Crippen LogP contribution in [0.5, 0.6) is 0 Å². The highest BCUT2D eigenvalue weighted by atomic mass is 14.9. The Balaban J connectivity index is 1.83. The zero-order valence-corrected chi connectivity index (χ0v) is 11.5. The summed E-state index contributed by atoms with van der Waals surface area (Å²) in [5, 5.41) is 3.72. The van der Waals surface area contributed by atoms with Crippen molar-refractivity contribution in [2.75, 3.05) is 12.3 Å². The molecular weight excluding hydrogens is 244 g/mol. The maximum absolute atomic E-state index is 5.84. The Kier molecular flexibility index (Phi) is 2.78. The van der Waals surface area contributed by atoms with Crippen molar-refractivity contribution < 1.29 is 0 Å². The van der Waals surface area contributed by atoms with Crippen molar-refractivity contribution >= 4 is 5.69 Å². The first-order chi connectivity index (χ1) is 9.84. The van der Waals surface area contributed by atoms with Crippen molar-refractivity contribution in [3.8, 4) is 0 Å². The van der Waals surface area contributed by atoms with E-state index in [0.29, 0.717) is 17.9 Å². The van der Waals surface area contributed by atoms with Crippen LogP contribution in [0.3, 0.4) is 0 Å². The molecule has 0 saturated carbocycles. The summed E-state index contributed by atoms with van der Waals surface area (Å²) in [5.74, 6) is 1.20. The molecule has 2 aromatic rings. The van der Waals surface area contributed by atoms with Gasteiger partial charge in [-0.1, -0.05) is 36.4 Å². The fraction of sp³-hybridized carbons (Fsp3) is 0.333. The molecule has 0 aromatic heterocycles. The molecule has 3 N–H and O–H groups in total. The van der Waals surface area contributed by atoms with Crippen molar-refractivity contribution in [3.63, 3.8) is 0 Å². The molecule has 20 heavy (non-hydrogen) atoms. The SMILES string of the molecule is Nc1ccc(C2c3ccccc3[C@H]3NCCC[C@H]23)cc1. The lowest BCUT2D eigenvalue weighted by atomic mass is 9.80. The third kappa shape index (κ3) is 1.75. The standard InChI is InChI=1S/C18H20N2/c19-13-9-7-12(8-10-13)17-14-4-1-2-5-15(14)18-16(17)6-3-11-20-18/h1-2,4-5,7-10,16-18,20H,3,6,11,19H2/t16-,17?,18-/m1/s1. The second kappa shape index (κ2) is 4.64. The van der Waals surface area contributed by atoms with Gasteiger partial charge in [-0.25, -0.2) is 0 Å². The van der Waals surface area contributed by atoms with Gasteiger partial charge in [0.15, 0.2) is 0 Å². The van der Waals surface area contributed by atoms with Gasteiger partial charge in [0.05, 0.1) is 0 Å². The molecule has 2 aliphatic rings. The van der Waals surface area contributed by atoms with Crippen molar-refractivity contribution in [1.82, 2.24) is 5.32 Å². The average molecular weight is 264 g/mol. The molecule has 0 bridgehead atoms. The zero-order chi connectivity index (χ0) is 13.5. The van der Waals surface area contributed by atoms with Gasteiger partial charge in [-0.05, 0) is 54.1 Å². The Morgan fingerprint density at radius 3 is 2.50 bits per heavy atom. The smallest absolute Gasteiger partial charge is 0.0360 e. The molecule has 1 heterocycles.